The summed E-state index contributed by atoms with van der Waals surface area (Å²) in [7, 11) is 1.71. The fraction of sp³-hybridized carbons (Fsp3) is 0.720. The number of benzene rings is 1. The molecule has 1 aromatic carbocycles. The van der Waals surface area contributed by atoms with Gasteiger partial charge in [0.05, 0.1) is 19.7 Å². The van der Waals surface area contributed by atoms with E-state index in [1.165, 1.54) is 18.4 Å². The first-order valence-corrected chi connectivity index (χ1v) is 12.4. The van der Waals surface area contributed by atoms with Crippen molar-refractivity contribution in [2.24, 2.45) is 10.9 Å². The molecule has 2 aliphatic rings. The Bertz CT molecular complexity index is 662. The van der Waals surface area contributed by atoms with Gasteiger partial charge < -0.3 is 24.8 Å². The van der Waals surface area contributed by atoms with Crippen molar-refractivity contribution in [2.45, 2.75) is 45.1 Å². The summed E-state index contributed by atoms with van der Waals surface area (Å²) >= 11 is 0. The summed E-state index contributed by atoms with van der Waals surface area (Å²) in [4.78, 5) is 7.49. The number of rotatable bonds is 12. The Morgan fingerprint density at radius 2 is 1.88 bits per heavy atom. The van der Waals surface area contributed by atoms with Gasteiger partial charge in [0.25, 0.3) is 0 Å². The van der Waals surface area contributed by atoms with E-state index in [0.29, 0.717) is 12.0 Å². The van der Waals surface area contributed by atoms with Crippen LogP contribution >= 0.6 is 24.0 Å². The second-order valence-electron chi connectivity index (χ2n) is 8.66. The zero-order valence-electron chi connectivity index (χ0n) is 20.4. The van der Waals surface area contributed by atoms with Crippen molar-refractivity contribution in [2.75, 3.05) is 66.3 Å². The molecule has 2 aliphatic heterocycles. The average Bonchev–Trinajstić information content (AvgIpc) is 3.37. The highest BCUT2D eigenvalue weighted by Crippen LogP contribution is 2.27. The predicted octanol–water partition coefficient (Wildman–Crippen LogP) is 3.84. The molecule has 33 heavy (non-hydrogen) atoms. The maximum Gasteiger partial charge on any atom is 0.191 e. The van der Waals surface area contributed by atoms with E-state index >= 15 is 0 Å². The minimum absolute atomic E-state index is 0. The van der Waals surface area contributed by atoms with Crippen LogP contribution in [0.1, 0.15) is 50.6 Å². The van der Waals surface area contributed by atoms with Crippen LogP contribution < -0.4 is 15.4 Å². The third-order valence-corrected chi connectivity index (χ3v) is 6.30. The highest BCUT2D eigenvalue weighted by molar-refractivity contribution is 14.0. The predicted molar refractivity (Wildman–Crippen MR) is 145 cm³/mol. The molecule has 1 aromatic rings. The second kappa shape index (κ2) is 16.5. The van der Waals surface area contributed by atoms with Gasteiger partial charge in [-0.3, -0.25) is 9.89 Å². The molecule has 0 saturated carbocycles. The van der Waals surface area contributed by atoms with E-state index in [0.717, 1.165) is 90.1 Å². The molecule has 0 amide bonds. The van der Waals surface area contributed by atoms with Crippen molar-refractivity contribution in [1.82, 2.24) is 15.5 Å². The molecule has 188 valence electrons. The van der Waals surface area contributed by atoms with Crippen LogP contribution in [0, 0.1) is 5.92 Å². The first-order chi connectivity index (χ1) is 15.8. The molecule has 1 atom stereocenters. The zero-order chi connectivity index (χ0) is 22.4. The summed E-state index contributed by atoms with van der Waals surface area (Å²) in [6.45, 7) is 10.2. The van der Waals surface area contributed by atoms with Gasteiger partial charge in [0, 0.05) is 39.5 Å². The Balaban J connectivity index is 0.00000385. The normalized spacial score (nSPS) is 18.5. The van der Waals surface area contributed by atoms with Crippen molar-refractivity contribution in [3.63, 3.8) is 0 Å². The van der Waals surface area contributed by atoms with Crippen molar-refractivity contribution >= 4 is 29.9 Å². The fourth-order valence-corrected chi connectivity index (χ4v) is 4.37. The Morgan fingerprint density at radius 3 is 2.55 bits per heavy atom. The standard InChI is InChI=1S/C25H42N4O3.HI/c1-3-26-25(27-13-6-16-32-20-21-11-17-31-18-12-21)28-19-24(29-14-4-5-15-29)22-7-9-23(30-2)10-8-22;/h7-10,21,24H,3-6,11-20H2,1-2H3,(H2,26,27,28);1H. The van der Waals surface area contributed by atoms with Gasteiger partial charge in [-0.2, -0.15) is 0 Å². The Kier molecular flexibility index (Phi) is 14.1. The largest absolute Gasteiger partial charge is 0.497 e. The number of aliphatic imine (C=N–C) groups is 1. The lowest BCUT2D eigenvalue weighted by Crippen LogP contribution is -2.39. The summed E-state index contributed by atoms with van der Waals surface area (Å²) < 4.78 is 16.6. The molecule has 2 fully saturated rings. The molecule has 3 rings (SSSR count). The highest BCUT2D eigenvalue weighted by Gasteiger charge is 2.23. The van der Waals surface area contributed by atoms with Gasteiger partial charge in [0.1, 0.15) is 5.75 Å². The van der Waals surface area contributed by atoms with Crippen LogP contribution in [-0.2, 0) is 9.47 Å². The highest BCUT2D eigenvalue weighted by atomic mass is 127. The average molecular weight is 575 g/mol. The van der Waals surface area contributed by atoms with E-state index in [1.54, 1.807) is 7.11 Å². The Hall–Kier alpha value is -1.10. The van der Waals surface area contributed by atoms with Gasteiger partial charge in [0.2, 0.25) is 0 Å². The molecule has 2 saturated heterocycles. The number of nitrogens with zero attached hydrogens (tertiary/aromatic N) is 2. The quantitative estimate of drug-likeness (QED) is 0.171. The van der Waals surface area contributed by atoms with Crippen LogP contribution in [-0.4, -0.2) is 77.1 Å². The maximum absolute atomic E-state index is 5.88. The van der Waals surface area contributed by atoms with Crippen LogP contribution in [0.3, 0.4) is 0 Å². The molecule has 2 N–H and O–H groups in total. The number of methoxy groups -OCH3 is 1. The molecule has 8 heteroatoms. The van der Waals surface area contributed by atoms with Crippen LogP contribution in [0.2, 0.25) is 0 Å². The fourth-order valence-electron chi connectivity index (χ4n) is 4.37. The smallest absolute Gasteiger partial charge is 0.191 e. The van der Waals surface area contributed by atoms with Crippen LogP contribution in [0.4, 0.5) is 0 Å². The number of ether oxygens (including phenoxy) is 3. The molecule has 2 heterocycles. The molecular weight excluding hydrogens is 531 g/mol. The van der Waals surface area contributed by atoms with Gasteiger partial charge in [-0.05, 0) is 75.7 Å². The van der Waals surface area contributed by atoms with Crippen LogP contribution in [0.5, 0.6) is 5.75 Å². The zero-order valence-corrected chi connectivity index (χ0v) is 22.7. The Labute approximate surface area is 217 Å². The summed E-state index contributed by atoms with van der Waals surface area (Å²) in [5, 5.41) is 6.86. The van der Waals surface area contributed by atoms with E-state index in [2.05, 4.69) is 34.6 Å². The van der Waals surface area contributed by atoms with Gasteiger partial charge in [0.15, 0.2) is 5.96 Å². The lowest BCUT2D eigenvalue weighted by molar-refractivity contribution is 0.0203. The van der Waals surface area contributed by atoms with E-state index in [1.807, 2.05) is 12.1 Å². The lowest BCUT2D eigenvalue weighted by atomic mass is 10.0. The maximum atomic E-state index is 5.88. The van der Waals surface area contributed by atoms with Gasteiger partial charge in [-0.25, -0.2) is 0 Å². The molecule has 0 bridgehead atoms. The number of nitrogens with one attached hydrogen (secondary N) is 2. The Morgan fingerprint density at radius 1 is 1.15 bits per heavy atom. The third-order valence-electron chi connectivity index (χ3n) is 6.30. The molecular formula is C25H43IN4O3. The summed E-state index contributed by atoms with van der Waals surface area (Å²) in [5.74, 6) is 2.44. The monoisotopic (exact) mass is 574 g/mol. The van der Waals surface area contributed by atoms with Gasteiger partial charge in [-0.15, -0.1) is 24.0 Å². The second-order valence-corrected chi connectivity index (χ2v) is 8.66. The van der Waals surface area contributed by atoms with Crippen LogP contribution in [0.15, 0.2) is 29.3 Å². The SMILES string of the molecule is CCNC(=NCC(c1ccc(OC)cc1)N1CCCC1)NCCCOCC1CCOCC1.I. The van der Waals surface area contributed by atoms with Crippen LogP contribution in [0.25, 0.3) is 0 Å². The number of likely N-dealkylation sites (tertiary alicyclic amines) is 1. The number of hydrogen-bond donors (Lipinski definition) is 2. The van der Waals surface area contributed by atoms with Crippen molar-refractivity contribution in [3.05, 3.63) is 29.8 Å². The topological polar surface area (TPSA) is 67.4 Å². The van der Waals surface area contributed by atoms with E-state index < -0.39 is 0 Å². The first-order valence-electron chi connectivity index (χ1n) is 12.4. The number of guanidine groups is 1. The molecule has 7 nitrogen and oxygen atoms in total. The van der Waals surface area contributed by atoms with Crippen molar-refractivity contribution < 1.29 is 14.2 Å². The summed E-state index contributed by atoms with van der Waals surface area (Å²) in [6, 6.07) is 8.74. The molecule has 0 radical (unpaired) electrons. The van der Waals surface area contributed by atoms with E-state index in [-0.39, 0.29) is 24.0 Å². The minimum atomic E-state index is 0. The lowest BCUT2D eigenvalue weighted by Gasteiger charge is -2.27. The van der Waals surface area contributed by atoms with Crippen molar-refractivity contribution in [1.29, 1.82) is 0 Å². The summed E-state index contributed by atoms with van der Waals surface area (Å²) in [6.07, 6.45) is 5.76. The molecule has 0 spiro atoms. The molecule has 1 unspecified atom stereocenters. The van der Waals surface area contributed by atoms with E-state index in [4.69, 9.17) is 19.2 Å². The molecule has 0 aliphatic carbocycles. The van der Waals surface area contributed by atoms with Gasteiger partial charge in [-0.1, -0.05) is 12.1 Å². The van der Waals surface area contributed by atoms with Gasteiger partial charge >= 0.3 is 0 Å². The third kappa shape index (κ3) is 9.96. The first kappa shape index (κ1) is 28.1. The number of halogens is 1. The number of hydrogen-bond acceptors (Lipinski definition) is 5. The van der Waals surface area contributed by atoms with Crippen molar-refractivity contribution in [3.8, 4) is 5.75 Å². The molecule has 0 aromatic heterocycles. The summed E-state index contributed by atoms with van der Waals surface area (Å²) in [5.41, 5.74) is 1.30. The van der Waals surface area contributed by atoms with E-state index in [9.17, 15) is 0 Å². The minimum Gasteiger partial charge on any atom is -0.497 e.